The van der Waals surface area contributed by atoms with Crippen molar-refractivity contribution in [3.63, 3.8) is 0 Å². The zero-order chi connectivity index (χ0) is 17.9. The van der Waals surface area contributed by atoms with Crippen LogP contribution in [0.25, 0.3) is 21.7 Å². The number of hydrogen-bond acceptors (Lipinski definition) is 5. The number of carbonyl (C=O) groups excluding carboxylic acids is 2. The van der Waals surface area contributed by atoms with E-state index in [0.717, 1.165) is 36.9 Å². The molecule has 2 amide bonds. The van der Waals surface area contributed by atoms with E-state index >= 15 is 0 Å². The number of furan rings is 1. The molecule has 1 aliphatic heterocycles. The summed E-state index contributed by atoms with van der Waals surface area (Å²) in [5.74, 6) is 0.263. The van der Waals surface area contributed by atoms with Gasteiger partial charge in [0.2, 0.25) is 5.91 Å². The van der Waals surface area contributed by atoms with Crippen molar-refractivity contribution >= 4 is 34.1 Å². The number of rotatable bonds is 4. The van der Waals surface area contributed by atoms with Crippen LogP contribution in [0.2, 0.25) is 0 Å². The molecule has 0 spiro atoms. The standard InChI is InChI=1S/C19H19N3O3S/c23-17(22-8-4-1-5-9-22)11-20-18(24)14-12-26-19(21-14)16-10-13-6-2-3-7-15(13)25-16/h2-3,6-7,10,12H,1,4-5,8-9,11H2,(H,20,24). The van der Waals surface area contributed by atoms with Crippen molar-refractivity contribution in [3.05, 3.63) is 41.4 Å². The molecule has 7 heteroatoms. The van der Waals surface area contributed by atoms with Crippen LogP contribution in [-0.4, -0.2) is 41.3 Å². The van der Waals surface area contributed by atoms with Crippen LogP contribution in [0.5, 0.6) is 0 Å². The number of fused-ring (bicyclic) bond motifs is 1. The number of amides is 2. The number of thiazole rings is 1. The predicted molar refractivity (Wildman–Crippen MR) is 100 cm³/mol. The highest BCUT2D eigenvalue weighted by Gasteiger charge is 2.19. The lowest BCUT2D eigenvalue weighted by Gasteiger charge is -2.26. The van der Waals surface area contributed by atoms with Crippen LogP contribution in [0.4, 0.5) is 0 Å². The molecule has 1 saturated heterocycles. The average molecular weight is 369 g/mol. The molecule has 6 nitrogen and oxygen atoms in total. The van der Waals surface area contributed by atoms with Gasteiger partial charge >= 0.3 is 0 Å². The van der Waals surface area contributed by atoms with Crippen molar-refractivity contribution in [2.45, 2.75) is 19.3 Å². The molecule has 134 valence electrons. The van der Waals surface area contributed by atoms with Crippen molar-refractivity contribution < 1.29 is 14.0 Å². The summed E-state index contributed by atoms with van der Waals surface area (Å²) < 4.78 is 5.78. The number of likely N-dealkylation sites (tertiary alicyclic amines) is 1. The van der Waals surface area contributed by atoms with Crippen LogP contribution in [0, 0.1) is 0 Å². The number of carbonyl (C=O) groups is 2. The first-order valence-electron chi connectivity index (χ1n) is 8.71. The van der Waals surface area contributed by atoms with E-state index in [9.17, 15) is 9.59 Å². The number of nitrogens with zero attached hydrogens (tertiary/aromatic N) is 2. The fourth-order valence-electron chi connectivity index (χ4n) is 3.08. The van der Waals surface area contributed by atoms with Crippen LogP contribution < -0.4 is 5.32 Å². The van der Waals surface area contributed by atoms with E-state index in [2.05, 4.69) is 10.3 Å². The normalized spacial score (nSPS) is 14.5. The van der Waals surface area contributed by atoms with Gasteiger partial charge in [0.1, 0.15) is 11.3 Å². The summed E-state index contributed by atoms with van der Waals surface area (Å²) in [5.41, 5.74) is 1.09. The van der Waals surface area contributed by atoms with E-state index in [1.807, 2.05) is 35.2 Å². The highest BCUT2D eigenvalue weighted by molar-refractivity contribution is 7.13. The number of benzene rings is 1. The van der Waals surface area contributed by atoms with Crippen LogP contribution >= 0.6 is 11.3 Å². The molecular weight excluding hydrogens is 350 g/mol. The molecule has 0 bridgehead atoms. The van der Waals surface area contributed by atoms with Gasteiger partial charge in [0.05, 0.1) is 6.54 Å². The molecular formula is C19H19N3O3S. The van der Waals surface area contributed by atoms with Gasteiger partial charge in [-0.1, -0.05) is 18.2 Å². The largest absolute Gasteiger partial charge is 0.454 e. The van der Waals surface area contributed by atoms with Crippen LogP contribution in [0.3, 0.4) is 0 Å². The molecule has 0 saturated carbocycles. The van der Waals surface area contributed by atoms with E-state index in [1.54, 1.807) is 5.38 Å². The number of aromatic nitrogens is 1. The Labute approximate surface area is 154 Å². The molecule has 4 rings (SSSR count). The Balaban J connectivity index is 1.40. The van der Waals surface area contributed by atoms with E-state index in [0.29, 0.717) is 16.5 Å². The van der Waals surface area contributed by atoms with Crippen LogP contribution in [0.15, 0.2) is 40.1 Å². The molecule has 0 atom stereocenters. The molecule has 1 aromatic carbocycles. The van der Waals surface area contributed by atoms with Gasteiger partial charge in [0.25, 0.3) is 5.91 Å². The number of para-hydroxylation sites is 1. The van der Waals surface area contributed by atoms with Gasteiger partial charge in [-0.15, -0.1) is 11.3 Å². The summed E-state index contributed by atoms with van der Waals surface area (Å²) in [6.07, 6.45) is 3.23. The van der Waals surface area contributed by atoms with Crippen LogP contribution in [-0.2, 0) is 4.79 Å². The van der Waals surface area contributed by atoms with Crippen LogP contribution in [0.1, 0.15) is 29.8 Å². The van der Waals surface area contributed by atoms with Gasteiger partial charge in [0, 0.05) is 23.9 Å². The molecule has 3 heterocycles. The van der Waals surface area contributed by atoms with E-state index in [4.69, 9.17) is 4.42 Å². The van der Waals surface area contributed by atoms with Gasteiger partial charge in [-0.3, -0.25) is 9.59 Å². The molecule has 2 aromatic heterocycles. The number of nitrogens with one attached hydrogen (secondary N) is 1. The van der Waals surface area contributed by atoms with Crippen molar-refractivity contribution in [1.29, 1.82) is 0 Å². The molecule has 0 aliphatic carbocycles. The number of hydrogen-bond donors (Lipinski definition) is 1. The second-order valence-electron chi connectivity index (χ2n) is 6.31. The van der Waals surface area contributed by atoms with Gasteiger partial charge in [-0.25, -0.2) is 4.98 Å². The summed E-state index contributed by atoms with van der Waals surface area (Å²) in [4.78, 5) is 30.6. The maximum atomic E-state index is 12.3. The minimum atomic E-state index is -0.339. The van der Waals surface area contributed by atoms with Crippen molar-refractivity contribution in [2.75, 3.05) is 19.6 Å². The molecule has 26 heavy (non-hydrogen) atoms. The molecule has 1 fully saturated rings. The van der Waals surface area contributed by atoms with E-state index in [-0.39, 0.29) is 18.4 Å². The predicted octanol–water partition coefficient (Wildman–Crippen LogP) is 3.30. The molecule has 3 aromatic rings. The summed E-state index contributed by atoms with van der Waals surface area (Å²) >= 11 is 1.35. The van der Waals surface area contributed by atoms with E-state index < -0.39 is 0 Å². The Morgan fingerprint density at radius 3 is 2.81 bits per heavy atom. The Morgan fingerprint density at radius 1 is 1.19 bits per heavy atom. The lowest BCUT2D eigenvalue weighted by atomic mass is 10.1. The lowest BCUT2D eigenvalue weighted by Crippen LogP contribution is -2.42. The Kier molecular flexibility index (Phi) is 4.71. The third-order valence-electron chi connectivity index (χ3n) is 4.48. The first-order chi connectivity index (χ1) is 12.7. The SMILES string of the molecule is O=C(NCC(=O)N1CCCCC1)c1csc(-c2cc3ccccc3o2)n1. The third kappa shape index (κ3) is 3.48. The summed E-state index contributed by atoms with van der Waals surface area (Å²) in [7, 11) is 0. The average Bonchev–Trinajstić information content (AvgIpc) is 3.33. The second-order valence-corrected chi connectivity index (χ2v) is 7.17. The fourth-order valence-corrected chi connectivity index (χ4v) is 3.83. The topological polar surface area (TPSA) is 75.4 Å². The molecule has 0 unspecified atom stereocenters. The van der Waals surface area contributed by atoms with Gasteiger partial charge < -0.3 is 14.6 Å². The zero-order valence-corrected chi connectivity index (χ0v) is 15.1. The highest BCUT2D eigenvalue weighted by atomic mass is 32.1. The first-order valence-corrected chi connectivity index (χ1v) is 9.59. The Morgan fingerprint density at radius 2 is 2.00 bits per heavy atom. The van der Waals surface area contributed by atoms with E-state index in [1.165, 1.54) is 17.8 Å². The Bertz CT molecular complexity index is 907. The summed E-state index contributed by atoms with van der Waals surface area (Å²) in [6.45, 7) is 1.57. The lowest BCUT2D eigenvalue weighted by molar-refractivity contribution is -0.130. The molecule has 1 aliphatic rings. The third-order valence-corrected chi connectivity index (χ3v) is 5.34. The maximum absolute atomic E-state index is 12.3. The second kappa shape index (κ2) is 7.29. The number of piperidine rings is 1. The quantitative estimate of drug-likeness (QED) is 0.766. The van der Waals surface area contributed by atoms with Gasteiger partial charge in [-0.05, 0) is 31.4 Å². The minimum Gasteiger partial charge on any atom is -0.454 e. The highest BCUT2D eigenvalue weighted by Crippen LogP contribution is 2.29. The summed E-state index contributed by atoms with van der Waals surface area (Å²) in [5, 5.41) is 6.00. The Hall–Kier alpha value is -2.67. The maximum Gasteiger partial charge on any atom is 0.271 e. The smallest absolute Gasteiger partial charge is 0.271 e. The van der Waals surface area contributed by atoms with Gasteiger partial charge in [-0.2, -0.15) is 0 Å². The zero-order valence-electron chi connectivity index (χ0n) is 14.2. The fraction of sp³-hybridized carbons (Fsp3) is 0.316. The van der Waals surface area contributed by atoms with Gasteiger partial charge in [0.15, 0.2) is 10.8 Å². The van der Waals surface area contributed by atoms with Crippen molar-refractivity contribution in [3.8, 4) is 10.8 Å². The minimum absolute atomic E-state index is 0.0102. The van der Waals surface area contributed by atoms with Crippen molar-refractivity contribution in [2.24, 2.45) is 0 Å². The molecule has 0 radical (unpaired) electrons. The monoisotopic (exact) mass is 369 g/mol. The first kappa shape index (κ1) is 16.8. The summed E-state index contributed by atoms with van der Waals surface area (Å²) in [6, 6.07) is 9.63. The van der Waals surface area contributed by atoms with Crippen molar-refractivity contribution in [1.82, 2.24) is 15.2 Å². The molecule has 1 N–H and O–H groups in total.